The normalized spacial score (nSPS) is 43.5. The highest BCUT2D eigenvalue weighted by Crippen LogP contribution is 2.62. The number of hydrogen-bond acceptors (Lipinski definition) is 1. The molecule has 1 N–H and O–H groups in total. The first kappa shape index (κ1) is 15.3. The lowest BCUT2D eigenvalue weighted by Gasteiger charge is -2.51. The van der Waals surface area contributed by atoms with Gasteiger partial charge < -0.3 is 5.11 Å². The van der Waals surface area contributed by atoms with E-state index in [1.807, 2.05) is 0 Å². The summed E-state index contributed by atoms with van der Waals surface area (Å²) in [5.41, 5.74) is 5.33. The highest BCUT2D eigenvalue weighted by Gasteiger charge is 2.53. The molecule has 0 aliphatic heterocycles. The average molecular weight is 288 g/mol. The Balaban J connectivity index is 2.09. The Kier molecular flexibility index (Phi) is 3.64. The van der Waals surface area contributed by atoms with Gasteiger partial charge in [-0.25, -0.2) is 0 Å². The van der Waals surface area contributed by atoms with Crippen LogP contribution in [0.1, 0.15) is 73.1 Å². The van der Waals surface area contributed by atoms with Crippen LogP contribution in [0.4, 0.5) is 0 Å². The van der Waals surface area contributed by atoms with E-state index in [9.17, 15) is 5.11 Å². The van der Waals surface area contributed by atoms with E-state index in [1.54, 1.807) is 11.1 Å². The van der Waals surface area contributed by atoms with Gasteiger partial charge in [0.05, 0.1) is 6.10 Å². The monoisotopic (exact) mass is 288 g/mol. The van der Waals surface area contributed by atoms with Crippen molar-refractivity contribution in [1.82, 2.24) is 0 Å². The molecule has 4 atom stereocenters. The molecule has 0 aromatic carbocycles. The fraction of sp³-hybridized carbons (Fsp3) is 0.800. The van der Waals surface area contributed by atoms with E-state index in [0.717, 1.165) is 6.42 Å². The molecule has 1 nitrogen and oxygen atoms in total. The standard InChI is InChI=1S/C20H32O/c1-13(2)15-8-9-19(4)10-11-20(5)16(18(15)19)7-6-14(3)12-17(20)21/h12-13,16-17,21H,6-11H2,1-5H3/t16-,17-,19+,20+/m0/s1. The van der Waals surface area contributed by atoms with Crippen molar-refractivity contribution in [2.24, 2.45) is 22.7 Å². The molecule has 0 amide bonds. The zero-order valence-corrected chi connectivity index (χ0v) is 14.5. The minimum atomic E-state index is -0.268. The molecule has 0 unspecified atom stereocenters. The molecular formula is C20H32O. The highest BCUT2D eigenvalue weighted by molar-refractivity contribution is 5.36. The van der Waals surface area contributed by atoms with Crippen LogP contribution in [-0.2, 0) is 0 Å². The first-order valence-electron chi connectivity index (χ1n) is 8.87. The number of fused-ring (bicyclic) bond motifs is 3. The molecule has 0 aromatic heterocycles. The first-order chi connectivity index (χ1) is 9.78. The van der Waals surface area contributed by atoms with Crippen LogP contribution >= 0.6 is 0 Å². The Bertz CT molecular complexity index is 498. The van der Waals surface area contributed by atoms with E-state index in [1.165, 1.54) is 37.7 Å². The van der Waals surface area contributed by atoms with Gasteiger partial charge in [0.25, 0.3) is 0 Å². The lowest BCUT2D eigenvalue weighted by molar-refractivity contribution is -0.00647. The van der Waals surface area contributed by atoms with E-state index in [-0.39, 0.29) is 11.5 Å². The fourth-order valence-electron chi connectivity index (χ4n) is 5.36. The third-order valence-electron chi connectivity index (χ3n) is 6.94. The molecule has 0 radical (unpaired) electrons. The van der Waals surface area contributed by atoms with E-state index >= 15 is 0 Å². The van der Waals surface area contributed by atoms with Crippen molar-refractivity contribution in [3.8, 4) is 0 Å². The predicted octanol–water partition coefficient (Wildman–Crippen LogP) is 5.26. The number of allylic oxidation sites excluding steroid dienone is 3. The van der Waals surface area contributed by atoms with Crippen molar-refractivity contribution in [1.29, 1.82) is 0 Å². The molecule has 0 bridgehead atoms. The summed E-state index contributed by atoms with van der Waals surface area (Å²) in [6.07, 6.45) is 9.33. The van der Waals surface area contributed by atoms with Crippen LogP contribution in [-0.4, -0.2) is 11.2 Å². The number of aliphatic hydroxyl groups is 1. The molecule has 1 heteroatoms. The van der Waals surface area contributed by atoms with Gasteiger partial charge in [-0.2, -0.15) is 0 Å². The van der Waals surface area contributed by atoms with Gasteiger partial charge in [-0.15, -0.1) is 0 Å². The smallest absolute Gasteiger partial charge is 0.0782 e. The lowest BCUT2D eigenvalue weighted by atomic mass is 9.54. The molecular weight excluding hydrogens is 256 g/mol. The minimum Gasteiger partial charge on any atom is -0.388 e. The van der Waals surface area contributed by atoms with Gasteiger partial charge in [-0.3, -0.25) is 0 Å². The van der Waals surface area contributed by atoms with Crippen molar-refractivity contribution in [2.75, 3.05) is 0 Å². The molecule has 118 valence electrons. The molecule has 1 fully saturated rings. The Morgan fingerprint density at radius 2 is 1.86 bits per heavy atom. The van der Waals surface area contributed by atoms with Crippen LogP contribution in [0.2, 0.25) is 0 Å². The zero-order chi connectivity index (χ0) is 15.4. The van der Waals surface area contributed by atoms with Gasteiger partial charge in [0.1, 0.15) is 0 Å². The van der Waals surface area contributed by atoms with Crippen LogP contribution in [0.15, 0.2) is 22.8 Å². The van der Waals surface area contributed by atoms with Crippen molar-refractivity contribution in [2.45, 2.75) is 79.2 Å². The van der Waals surface area contributed by atoms with E-state index in [2.05, 4.69) is 40.7 Å². The Hall–Kier alpha value is -0.560. The number of rotatable bonds is 1. The maximum absolute atomic E-state index is 10.8. The van der Waals surface area contributed by atoms with E-state index in [0.29, 0.717) is 17.3 Å². The van der Waals surface area contributed by atoms with Crippen molar-refractivity contribution < 1.29 is 5.11 Å². The summed E-state index contributed by atoms with van der Waals surface area (Å²) in [6.45, 7) is 11.7. The topological polar surface area (TPSA) is 20.2 Å². The summed E-state index contributed by atoms with van der Waals surface area (Å²) < 4.78 is 0. The third-order valence-corrected chi connectivity index (χ3v) is 6.94. The van der Waals surface area contributed by atoms with Crippen LogP contribution in [0.3, 0.4) is 0 Å². The number of hydrogen-bond donors (Lipinski definition) is 1. The highest BCUT2D eigenvalue weighted by atomic mass is 16.3. The zero-order valence-electron chi connectivity index (χ0n) is 14.5. The fourth-order valence-corrected chi connectivity index (χ4v) is 5.36. The van der Waals surface area contributed by atoms with Crippen molar-refractivity contribution in [3.63, 3.8) is 0 Å². The van der Waals surface area contributed by atoms with Gasteiger partial charge in [-0.05, 0) is 62.7 Å². The largest absolute Gasteiger partial charge is 0.388 e. The molecule has 0 aromatic rings. The summed E-state index contributed by atoms with van der Waals surface area (Å²) in [5, 5.41) is 10.8. The SMILES string of the molecule is CC1=C[C@H](O)[C@]2(C)CC[C@@]3(C)CCC(C(C)C)=C3[C@@H]2CC1. The molecule has 3 rings (SSSR count). The molecule has 21 heavy (non-hydrogen) atoms. The molecule has 0 spiro atoms. The predicted molar refractivity (Wildman–Crippen MR) is 89.0 cm³/mol. The van der Waals surface area contributed by atoms with Gasteiger partial charge in [0.2, 0.25) is 0 Å². The third kappa shape index (κ3) is 2.23. The van der Waals surface area contributed by atoms with Gasteiger partial charge in [-0.1, -0.05) is 50.5 Å². The maximum atomic E-state index is 10.8. The summed E-state index contributed by atoms with van der Waals surface area (Å²) in [7, 11) is 0. The van der Waals surface area contributed by atoms with Crippen LogP contribution < -0.4 is 0 Å². The second kappa shape index (κ2) is 4.98. The van der Waals surface area contributed by atoms with Crippen molar-refractivity contribution >= 4 is 0 Å². The lowest BCUT2D eigenvalue weighted by Crippen LogP contribution is -2.46. The molecule has 1 saturated carbocycles. The van der Waals surface area contributed by atoms with Gasteiger partial charge >= 0.3 is 0 Å². The molecule has 0 saturated heterocycles. The Morgan fingerprint density at radius 3 is 2.52 bits per heavy atom. The quantitative estimate of drug-likeness (QED) is 0.653. The van der Waals surface area contributed by atoms with Crippen molar-refractivity contribution in [3.05, 3.63) is 22.8 Å². The van der Waals surface area contributed by atoms with Crippen LogP contribution in [0.5, 0.6) is 0 Å². The summed E-state index contributed by atoms with van der Waals surface area (Å²) in [5.74, 6) is 1.25. The summed E-state index contributed by atoms with van der Waals surface area (Å²) in [6, 6.07) is 0. The van der Waals surface area contributed by atoms with E-state index < -0.39 is 0 Å². The molecule has 3 aliphatic carbocycles. The molecule has 3 aliphatic rings. The van der Waals surface area contributed by atoms with Crippen LogP contribution in [0.25, 0.3) is 0 Å². The second-order valence-electron chi connectivity index (χ2n) is 8.71. The van der Waals surface area contributed by atoms with Gasteiger partial charge in [0.15, 0.2) is 0 Å². The first-order valence-corrected chi connectivity index (χ1v) is 8.87. The average Bonchev–Trinajstić information content (AvgIpc) is 2.70. The summed E-state index contributed by atoms with van der Waals surface area (Å²) in [4.78, 5) is 0. The van der Waals surface area contributed by atoms with E-state index in [4.69, 9.17) is 0 Å². The van der Waals surface area contributed by atoms with Gasteiger partial charge in [0, 0.05) is 5.41 Å². The maximum Gasteiger partial charge on any atom is 0.0782 e. The second-order valence-corrected chi connectivity index (χ2v) is 8.71. The Morgan fingerprint density at radius 1 is 1.14 bits per heavy atom. The Labute approximate surface area is 130 Å². The molecule has 0 heterocycles. The summed E-state index contributed by atoms with van der Waals surface area (Å²) >= 11 is 0. The van der Waals surface area contributed by atoms with Crippen LogP contribution in [0, 0.1) is 22.7 Å². The number of aliphatic hydroxyl groups excluding tert-OH is 1. The minimum absolute atomic E-state index is 0.0527.